The fourth-order valence-electron chi connectivity index (χ4n) is 2.26. The molecule has 0 aromatic rings. The Kier molecular flexibility index (Phi) is 2.96. The quantitative estimate of drug-likeness (QED) is 0.537. The molecule has 0 spiro atoms. The van der Waals surface area contributed by atoms with Gasteiger partial charge in [0.25, 0.3) is 0 Å². The lowest BCUT2D eigenvalue weighted by Crippen LogP contribution is -2.26. The summed E-state index contributed by atoms with van der Waals surface area (Å²) in [5.74, 6) is 1.41. The SMILES string of the molecule is ClC(Cl)=NOCC1CN2CCC1C2. The Balaban J connectivity index is 1.74. The van der Waals surface area contributed by atoms with Gasteiger partial charge in [0.1, 0.15) is 6.61 Å². The summed E-state index contributed by atoms with van der Waals surface area (Å²) in [6.45, 7) is 4.26. The first kappa shape index (κ1) is 9.56. The minimum absolute atomic E-state index is 0.0523. The highest BCUT2D eigenvalue weighted by Crippen LogP contribution is 2.32. The monoisotopic (exact) mass is 222 g/mol. The molecule has 2 aliphatic rings. The molecule has 3 atom stereocenters. The van der Waals surface area contributed by atoms with Crippen molar-refractivity contribution in [1.82, 2.24) is 4.90 Å². The molecule has 0 radical (unpaired) electrons. The van der Waals surface area contributed by atoms with E-state index in [9.17, 15) is 0 Å². The smallest absolute Gasteiger partial charge is 0.235 e. The van der Waals surface area contributed by atoms with Crippen LogP contribution in [0.25, 0.3) is 0 Å². The molecular weight excluding hydrogens is 211 g/mol. The summed E-state index contributed by atoms with van der Waals surface area (Å²) in [6, 6.07) is 0. The number of halogens is 2. The number of hydrogen-bond donors (Lipinski definition) is 0. The molecule has 3 unspecified atom stereocenters. The van der Waals surface area contributed by atoms with Crippen molar-refractivity contribution in [2.24, 2.45) is 17.0 Å². The van der Waals surface area contributed by atoms with Crippen LogP contribution in [0.3, 0.4) is 0 Å². The molecule has 0 aromatic heterocycles. The van der Waals surface area contributed by atoms with Crippen molar-refractivity contribution in [3.05, 3.63) is 0 Å². The van der Waals surface area contributed by atoms with Crippen molar-refractivity contribution in [2.45, 2.75) is 6.42 Å². The Morgan fingerprint density at radius 1 is 1.46 bits per heavy atom. The lowest BCUT2D eigenvalue weighted by atomic mass is 9.94. The second kappa shape index (κ2) is 4.03. The first-order valence-corrected chi connectivity index (χ1v) is 5.24. The molecule has 3 nitrogen and oxygen atoms in total. The van der Waals surface area contributed by atoms with Gasteiger partial charge in [-0.25, -0.2) is 0 Å². The minimum Gasteiger partial charge on any atom is -0.394 e. The van der Waals surface area contributed by atoms with E-state index in [0.29, 0.717) is 12.5 Å². The van der Waals surface area contributed by atoms with Gasteiger partial charge in [-0.2, -0.15) is 0 Å². The van der Waals surface area contributed by atoms with Gasteiger partial charge in [-0.1, -0.05) is 5.16 Å². The Hall–Kier alpha value is 0.01000. The van der Waals surface area contributed by atoms with Crippen molar-refractivity contribution in [3.8, 4) is 0 Å². The Labute approximate surface area is 87.6 Å². The van der Waals surface area contributed by atoms with Crippen molar-refractivity contribution in [2.75, 3.05) is 26.2 Å². The Morgan fingerprint density at radius 2 is 2.31 bits per heavy atom. The molecule has 0 N–H and O–H groups in total. The summed E-state index contributed by atoms with van der Waals surface area (Å²) in [7, 11) is 0. The molecule has 74 valence electrons. The molecule has 13 heavy (non-hydrogen) atoms. The van der Waals surface area contributed by atoms with Crippen LogP contribution >= 0.6 is 23.2 Å². The Bertz CT molecular complexity index is 218. The van der Waals surface area contributed by atoms with Gasteiger partial charge in [0.05, 0.1) is 0 Å². The van der Waals surface area contributed by atoms with E-state index < -0.39 is 0 Å². The second-order valence-corrected chi connectivity index (χ2v) is 4.61. The van der Waals surface area contributed by atoms with Gasteiger partial charge >= 0.3 is 0 Å². The fourth-order valence-corrected chi connectivity index (χ4v) is 2.36. The number of fused-ring (bicyclic) bond motifs is 2. The first-order valence-electron chi connectivity index (χ1n) is 4.49. The second-order valence-electron chi connectivity index (χ2n) is 3.70. The molecule has 2 bridgehead atoms. The van der Waals surface area contributed by atoms with E-state index in [-0.39, 0.29) is 4.63 Å². The average Bonchev–Trinajstić information content (AvgIpc) is 2.64. The Morgan fingerprint density at radius 3 is 2.85 bits per heavy atom. The van der Waals surface area contributed by atoms with Gasteiger partial charge in [-0.15, -0.1) is 0 Å². The largest absolute Gasteiger partial charge is 0.394 e. The van der Waals surface area contributed by atoms with E-state index in [0.717, 1.165) is 12.5 Å². The van der Waals surface area contributed by atoms with Crippen LogP contribution in [0.5, 0.6) is 0 Å². The van der Waals surface area contributed by atoms with Gasteiger partial charge < -0.3 is 9.74 Å². The van der Waals surface area contributed by atoms with E-state index in [1.165, 1.54) is 19.5 Å². The van der Waals surface area contributed by atoms with Crippen LogP contribution < -0.4 is 0 Å². The number of nitrogens with zero attached hydrogens (tertiary/aromatic N) is 2. The maximum atomic E-state index is 5.32. The normalized spacial score (nSPS) is 36.3. The molecular formula is C8H12Cl2N2O. The topological polar surface area (TPSA) is 24.8 Å². The van der Waals surface area contributed by atoms with Crippen LogP contribution in [0, 0.1) is 11.8 Å². The van der Waals surface area contributed by atoms with Crippen LogP contribution in [0.1, 0.15) is 6.42 Å². The lowest BCUT2D eigenvalue weighted by molar-refractivity contribution is 0.0880. The van der Waals surface area contributed by atoms with Gasteiger partial charge in [0, 0.05) is 19.0 Å². The van der Waals surface area contributed by atoms with Crippen LogP contribution in [0.2, 0.25) is 0 Å². The summed E-state index contributed by atoms with van der Waals surface area (Å²) in [5.41, 5.74) is 0. The molecule has 2 aliphatic heterocycles. The highest BCUT2D eigenvalue weighted by atomic mass is 35.5. The third-order valence-corrected chi connectivity index (χ3v) is 3.03. The molecule has 0 amide bonds. The third kappa shape index (κ3) is 2.27. The van der Waals surface area contributed by atoms with E-state index in [2.05, 4.69) is 10.1 Å². The molecule has 2 heterocycles. The molecule has 2 fully saturated rings. The summed E-state index contributed by atoms with van der Waals surface area (Å²) in [5, 5.41) is 3.50. The van der Waals surface area contributed by atoms with Gasteiger partial charge in [-0.3, -0.25) is 0 Å². The van der Waals surface area contributed by atoms with Gasteiger partial charge in [0.15, 0.2) is 0 Å². The summed E-state index contributed by atoms with van der Waals surface area (Å²) < 4.78 is -0.0523. The predicted octanol–water partition coefficient (Wildman–Crippen LogP) is 1.70. The molecule has 5 heteroatoms. The number of rotatable bonds is 3. The maximum Gasteiger partial charge on any atom is 0.235 e. The molecule has 0 saturated carbocycles. The number of piperidine rings is 1. The van der Waals surface area contributed by atoms with E-state index in [1.54, 1.807) is 0 Å². The highest BCUT2D eigenvalue weighted by Gasteiger charge is 2.38. The van der Waals surface area contributed by atoms with Crippen LogP contribution in [0.15, 0.2) is 5.16 Å². The molecule has 0 aliphatic carbocycles. The molecule has 2 rings (SSSR count). The highest BCUT2D eigenvalue weighted by molar-refractivity contribution is 6.95. The fraction of sp³-hybridized carbons (Fsp3) is 0.875. The van der Waals surface area contributed by atoms with Crippen LogP contribution in [-0.2, 0) is 4.84 Å². The standard InChI is InChI=1S/C8H12Cl2N2O/c9-8(10)11-13-5-7-4-12-2-1-6(7)3-12/h6-7H,1-5H2. The molecule has 2 saturated heterocycles. The van der Waals surface area contributed by atoms with Crippen LogP contribution in [-0.4, -0.2) is 35.8 Å². The zero-order valence-corrected chi connectivity index (χ0v) is 8.76. The predicted molar refractivity (Wildman–Crippen MR) is 53.1 cm³/mol. The van der Waals surface area contributed by atoms with E-state index in [1.807, 2.05) is 0 Å². The number of oxime groups is 1. The van der Waals surface area contributed by atoms with Crippen LogP contribution in [0.4, 0.5) is 0 Å². The zero-order chi connectivity index (χ0) is 9.26. The molecule has 0 aromatic carbocycles. The maximum absolute atomic E-state index is 5.32. The van der Waals surface area contributed by atoms with Gasteiger partial charge in [0.2, 0.25) is 4.63 Å². The van der Waals surface area contributed by atoms with Crippen molar-refractivity contribution < 1.29 is 4.84 Å². The van der Waals surface area contributed by atoms with E-state index in [4.69, 9.17) is 28.0 Å². The summed E-state index contributed by atoms with van der Waals surface area (Å²) in [4.78, 5) is 7.49. The number of hydrogen-bond acceptors (Lipinski definition) is 3. The van der Waals surface area contributed by atoms with Gasteiger partial charge in [-0.05, 0) is 42.1 Å². The third-order valence-electron chi connectivity index (χ3n) is 2.89. The minimum atomic E-state index is -0.0523. The van der Waals surface area contributed by atoms with Crippen molar-refractivity contribution in [1.29, 1.82) is 0 Å². The van der Waals surface area contributed by atoms with Crippen molar-refractivity contribution in [3.63, 3.8) is 0 Å². The first-order chi connectivity index (χ1) is 6.25. The summed E-state index contributed by atoms with van der Waals surface area (Å²) >= 11 is 10.6. The van der Waals surface area contributed by atoms with Crippen molar-refractivity contribution >= 4 is 27.8 Å². The average molecular weight is 223 g/mol. The summed E-state index contributed by atoms with van der Waals surface area (Å²) in [6.07, 6.45) is 1.30. The zero-order valence-electron chi connectivity index (χ0n) is 7.25. The lowest BCUT2D eigenvalue weighted by Gasteiger charge is -2.20. The van der Waals surface area contributed by atoms with E-state index >= 15 is 0 Å².